The number of methoxy groups -OCH3 is 2. The van der Waals surface area contributed by atoms with Crippen LogP contribution >= 0.6 is 0 Å². The Kier molecular flexibility index (Phi) is 8.13. The molecule has 1 rings (SSSR count). The molecule has 1 heterocycles. The summed E-state index contributed by atoms with van der Waals surface area (Å²) in [5, 5.41) is 3.29. The summed E-state index contributed by atoms with van der Waals surface area (Å²) in [6.45, 7) is 6.95. The Hall–Kier alpha value is -1.17. The molecule has 0 fully saturated rings. The van der Waals surface area contributed by atoms with Gasteiger partial charge in [0.2, 0.25) is 0 Å². The lowest BCUT2D eigenvalue weighted by molar-refractivity contribution is 0.190. The molecule has 1 aromatic rings. The summed E-state index contributed by atoms with van der Waals surface area (Å²) in [5.74, 6) is 0. The van der Waals surface area contributed by atoms with Gasteiger partial charge in [0.25, 0.3) is 0 Å². The van der Waals surface area contributed by atoms with Gasteiger partial charge in [0.05, 0.1) is 18.9 Å². The van der Waals surface area contributed by atoms with Crippen molar-refractivity contribution >= 4 is 5.69 Å². The Bertz CT molecular complexity index is 339. The lowest BCUT2D eigenvalue weighted by Crippen LogP contribution is -2.30. The first-order valence-electron chi connectivity index (χ1n) is 6.70. The Morgan fingerprint density at radius 1 is 1.21 bits per heavy atom. The standard InChI is InChI=1S/C14H25N3O2/c1-4-15-12-13-11-14(5-6-16-13)17(7-9-18-2)8-10-19-3/h5-6,11,15H,4,7-10,12H2,1-3H3. The molecule has 0 spiro atoms. The van der Waals surface area contributed by atoms with Gasteiger partial charge in [-0.25, -0.2) is 0 Å². The van der Waals surface area contributed by atoms with E-state index in [1.54, 1.807) is 14.2 Å². The molecule has 0 aromatic carbocycles. The van der Waals surface area contributed by atoms with Crippen molar-refractivity contribution in [3.63, 3.8) is 0 Å². The van der Waals surface area contributed by atoms with Crippen molar-refractivity contribution in [2.45, 2.75) is 13.5 Å². The van der Waals surface area contributed by atoms with Gasteiger partial charge in [-0.15, -0.1) is 0 Å². The molecule has 1 N–H and O–H groups in total. The molecule has 0 amide bonds. The quantitative estimate of drug-likeness (QED) is 0.692. The maximum absolute atomic E-state index is 5.16. The Labute approximate surface area is 115 Å². The van der Waals surface area contributed by atoms with Crippen LogP contribution in [-0.4, -0.2) is 52.1 Å². The predicted molar refractivity (Wildman–Crippen MR) is 77.6 cm³/mol. The number of hydrogen-bond acceptors (Lipinski definition) is 5. The van der Waals surface area contributed by atoms with Crippen molar-refractivity contribution in [3.8, 4) is 0 Å². The summed E-state index contributed by atoms with van der Waals surface area (Å²) >= 11 is 0. The zero-order valence-corrected chi connectivity index (χ0v) is 12.2. The molecule has 0 unspecified atom stereocenters. The van der Waals surface area contributed by atoms with Crippen LogP contribution in [0.4, 0.5) is 5.69 Å². The number of hydrogen-bond donors (Lipinski definition) is 1. The van der Waals surface area contributed by atoms with Gasteiger partial charge in [-0.1, -0.05) is 6.92 Å². The smallest absolute Gasteiger partial charge is 0.0637 e. The molecule has 108 valence electrons. The van der Waals surface area contributed by atoms with Crippen LogP contribution in [-0.2, 0) is 16.0 Å². The molecule has 0 aliphatic rings. The summed E-state index contributed by atoms with van der Waals surface area (Å²) in [5.41, 5.74) is 2.22. The van der Waals surface area contributed by atoms with Gasteiger partial charge in [0, 0.05) is 45.7 Å². The van der Waals surface area contributed by atoms with Crippen LogP contribution < -0.4 is 10.2 Å². The fourth-order valence-electron chi connectivity index (χ4n) is 1.78. The third-order valence-corrected chi connectivity index (χ3v) is 2.85. The molecule has 5 heteroatoms. The van der Waals surface area contributed by atoms with E-state index in [0.29, 0.717) is 13.2 Å². The van der Waals surface area contributed by atoms with Crippen molar-refractivity contribution in [2.75, 3.05) is 52.0 Å². The van der Waals surface area contributed by atoms with E-state index >= 15 is 0 Å². The Balaban J connectivity index is 2.69. The highest BCUT2D eigenvalue weighted by molar-refractivity contribution is 5.46. The second kappa shape index (κ2) is 9.72. The van der Waals surface area contributed by atoms with Crippen LogP contribution in [0.2, 0.25) is 0 Å². The van der Waals surface area contributed by atoms with Crippen LogP contribution in [0.25, 0.3) is 0 Å². The van der Waals surface area contributed by atoms with Crippen LogP contribution in [0.5, 0.6) is 0 Å². The van der Waals surface area contributed by atoms with Gasteiger partial charge in [-0.2, -0.15) is 0 Å². The average Bonchev–Trinajstić information content (AvgIpc) is 2.45. The van der Waals surface area contributed by atoms with E-state index in [0.717, 1.165) is 37.6 Å². The number of aromatic nitrogens is 1. The van der Waals surface area contributed by atoms with Crippen molar-refractivity contribution in [1.29, 1.82) is 0 Å². The van der Waals surface area contributed by atoms with E-state index in [1.165, 1.54) is 0 Å². The second-order valence-corrected chi connectivity index (χ2v) is 4.26. The zero-order valence-electron chi connectivity index (χ0n) is 12.2. The molecular weight excluding hydrogens is 242 g/mol. The molecule has 19 heavy (non-hydrogen) atoms. The van der Waals surface area contributed by atoms with Gasteiger partial charge in [0.15, 0.2) is 0 Å². The first kappa shape index (κ1) is 15.9. The molecule has 0 radical (unpaired) electrons. The Morgan fingerprint density at radius 3 is 2.47 bits per heavy atom. The van der Waals surface area contributed by atoms with E-state index in [2.05, 4.69) is 28.2 Å². The molecule has 0 saturated carbocycles. The van der Waals surface area contributed by atoms with Crippen molar-refractivity contribution < 1.29 is 9.47 Å². The summed E-state index contributed by atoms with van der Waals surface area (Å²) in [4.78, 5) is 6.62. The summed E-state index contributed by atoms with van der Waals surface area (Å²) in [7, 11) is 3.44. The third-order valence-electron chi connectivity index (χ3n) is 2.85. The van der Waals surface area contributed by atoms with Crippen molar-refractivity contribution in [1.82, 2.24) is 10.3 Å². The number of nitrogens with one attached hydrogen (secondary N) is 1. The van der Waals surface area contributed by atoms with Gasteiger partial charge < -0.3 is 19.7 Å². The maximum Gasteiger partial charge on any atom is 0.0637 e. The van der Waals surface area contributed by atoms with Crippen molar-refractivity contribution in [3.05, 3.63) is 24.0 Å². The molecule has 0 aliphatic heterocycles. The number of rotatable bonds is 10. The van der Waals surface area contributed by atoms with Crippen LogP contribution in [0.3, 0.4) is 0 Å². The van der Waals surface area contributed by atoms with E-state index in [9.17, 15) is 0 Å². The number of ether oxygens (including phenoxy) is 2. The highest BCUT2D eigenvalue weighted by atomic mass is 16.5. The zero-order chi connectivity index (χ0) is 13.9. The molecule has 0 saturated heterocycles. The predicted octanol–water partition coefficient (Wildman–Crippen LogP) is 1.29. The number of nitrogens with zero attached hydrogens (tertiary/aromatic N) is 2. The van der Waals surface area contributed by atoms with E-state index < -0.39 is 0 Å². The fourth-order valence-corrected chi connectivity index (χ4v) is 1.78. The molecule has 0 atom stereocenters. The van der Waals surface area contributed by atoms with Gasteiger partial charge >= 0.3 is 0 Å². The molecule has 1 aromatic heterocycles. The monoisotopic (exact) mass is 267 g/mol. The van der Waals surface area contributed by atoms with E-state index in [-0.39, 0.29) is 0 Å². The van der Waals surface area contributed by atoms with Crippen LogP contribution in [0, 0.1) is 0 Å². The van der Waals surface area contributed by atoms with Crippen LogP contribution in [0.1, 0.15) is 12.6 Å². The van der Waals surface area contributed by atoms with E-state index in [4.69, 9.17) is 9.47 Å². The van der Waals surface area contributed by atoms with Crippen molar-refractivity contribution in [2.24, 2.45) is 0 Å². The highest BCUT2D eigenvalue weighted by Gasteiger charge is 2.07. The minimum absolute atomic E-state index is 0.703. The van der Waals surface area contributed by atoms with Gasteiger partial charge in [-0.3, -0.25) is 4.98 Å². The largest absolute Gasteiger partial charge is 0.383 e. The lowest BCUT2D eigenvalue weighted by atomic mass is 10.2. The van der Waals surface area contributed by atoms with Gasteiger partial charge in [-0.05, 0) is 18.7 Å². The number of anilines is 1. The first-order valence-corrected chi connectivity index (χ1v) is 6.70. The molecule has 5 nitrogen and oxygen atoms in total. The average molecular weight is 267 g/mol. The fraction of sp³-hybridized carbons (Fsp3) is 0.643. The maximum atomic E-state index is 5.16. The van der Waals surface area contributed by atoms with E-state index in [1.807, 2.05) is 12.3 Å². The SMILES string of the molecule is CCNCc1cc(N(CCOC)CCOC)ccn1. The summed E-state index contributed by atoms with van der Waals surface area (Å²) in [6, 6.07) is 4.15. The molecular formula is C14H25N3O2. The minimum Gasteiger partial charge on any atom is -0.383 e. The summed E-state index contributed by atoms with van der Waals surface area (Å²) in [6.07, 6.45) is 1.86. The lowest BCUT2D eigenvalue weighted by Gasteiger charge is -2.24. The minimum atomic E-state index is 0.703. The number of pyridine rings is 1. The highest BCUT2D eigenvalue weighted by Crippen LogP contribution is 2.14. The van der Waals surface area contributed by atoms with Crippen LogP contribution in [0.15, 0.2) is 18.3 Å². The summed E-state index contributed by atoms with van der Waals surface area (Å²) < 4.78 is 10.3. The van der Waals surface area contributed by atoms with Gasteiger partial charge in [0.1, 0.15) is 0 Å². The molecule has 0 aliphatic carbocycles. The normalized spacial score (nSPS) is 10.7. The Morgan fingerprint density at radius 2 is 1.89 bits per heavy atom. The topological polar surface area (TPSA) is 46.6 Å². The molecule has 0 bridgehead atoms. The third kappa shape index (κ3) is 6.00. The second-order valence-electron chi connectivity index (χ2n) is 4.26. The first-order chi connectivity index (χ1) is 9.31.